The summed E-state index contributed by atoms with van der Waals surface area (Å²) >= 11 is 0. The predicted molar refractivity (Wildman–Crippen MR) is 89.8 cm³/mol. The van der Waals surface area contributed by atoms with Crippen molar-refractivity contribution < 1.29 is 13.5 Å². The molecule has 1 aliphatic rings. The van der Waals surface area contributed by atoms with Gasteiger partial charge in [-0.15, -0.1) is 0 Å². The molecule has 0 saturated carbocycles. The Bertz CT molecular complexity index is 749. The van der Waals surface area contributed by atoms with Crippen molar-refractivity contribution in [1.82, 2.24) is 5.16 Å². The molecule has 0 unspecified atom stereocenters. The molecule has 0 fully saturated rings. The maximum Gasteiger partial charge on any atom is 0.242 e. The van der Waals surface area contributed by atoms with E-state index in [9.17, 15) is 9.00 Å². The van der Waals surface area contributed by atoms with E-state index in [2.05, 4.69) is 5.16 Å². The van der Waals surface area contributed by atoms with Gasteiger partial charge in [0.05, 0.1) is 11.4 Å². The van der Waals surface area contributed by atoms with E-state index in [1.54, 1.807) is 18.7 Å². The van der Waals surface area contributed by atoms with Gasteiger partial charge >= 0.3 is 0 Å². The third-order valence-corrected chi connectivity index (χ3v) is 5.93. The first kappa shape index (κ1) is 15.9. The number of benzene rings is 1. The van der Waals surface area contributed by atoms with Gasteiger partial charge in [0.15, 0.2) is 0 Å². The monoisotopic (exact) mass is 332 g/mol. The largest absolute Gasteiger partial charge is 0.361 e. The molecule has 122 valence electrons. The Morgan fingerprint density at radius 3 is 2.83 bits per heavy atom. The minimum absolute atomic E-state index is 0.0833. The highest BCUT2D eigenvalue weighted by molar-refractivity contribution is 7.85. The van der Waals surface area contributed by atoms with Gasteiger partial charge in [-0.25, -0.2) is 0 Å². The smallest absolute Gasteiger partial charge is 0.242 e. The third kappa shape index (κ3) is 2.95. The fourth-order valence-corrected chi connectivity index (χ4v) is 4.17. The molecule has 2 aromatic rings. The molecule has 3 rings (SSSR count). The van der Waals surface area contributed by atoms with E-state index in [-0.39, 0.29) is 5.91 Å². The Morgan fingerprint density at radius 1 is 1.39 bits per heavy atom. The maximum absolute atomic E-state index is 12.7. The quantitative estimate of drug-likeness (QED) is 0.863. The fraction of sp³-hybridized carbons (Fsp3) is 0.412. The summed E-state index contributed by atoms with van der Waals surface area (Å²) in [6.07, 6.45) is 0.852. The van der Waals surface area contributed by atoms with Gasteiger partial charge in [-0.3, -0.25) is 9.00 Å². The number of carbonyl (C=O) groups excluding carboxylic acids is 1. The van der Waals surface area contributed by atoms with E-state index < -0.39 is 16.0 Å². The van der Waals surface area contributed by atoms with Crippen LogP contribution in [0.1, 0.15) is 29.5 Å². The van der Waals surface area contributed by atoms with Crippen LogP contribution in [0.15, 0.2) is 28.8 Å². The lowest BCUT2D eigenvalue weighted by molar-refractivity contribution is -0.117. The lowest BCUT2D eigenvalue weighted by atomic mass is 10.2. The molecular weight excluding hydrogens is 312 g/mol. The molecule has 0 spiro atoms. The summed E-state index contributed by atoms with van der Waals surface area (Å²) in [5.41, 5.74) is 3.69. The summed E-state index contributed by atoms with van der Waals surface area (Å²) in [7, 11) is -1.31. The summed E-state index contributed by atoms with van der Waals surface area (Å²) < 4.78 is 17.7. The lowest BCUT2D eigenvalue weighted by Gasteiger charge is -2.21. The highest BCUT2D eigenvalue weighted by atomic mass is 32.2. The Kier molecular flexibility index (Phi) is 4.35. The second-order valence-corrected chi connectivity index (χ2v) is 7.60. The van der Waals surface area contributed by atoms with Crippen molar-refractivity contribution >= 4 is 22.4 Å². The topological polar surface area (TPSA) is 63.4 Å². The molecule has 0 saturated heterocycles. The molecule has 2 atom stereocenters. The van der Waals surface area contributed by atoms with Crippen molar-refractivity contribution in [2.75, 3.05) is 11.4 Å². The number of hydrogen-bond acceptors (Lipinski definition) is 4. The number of carbonyl (C=O) groups is 1. The van der Waals surface area contributed by atoms with E-state index in [0.29, 0.717) is 18.1 Å². The molecular formula is C17H20N2O3S. The Morgan fingerprint density at radius 2 is 2.13 bits per heavy atom. The summed E-state index contributed by atoms with van der Waals surface area (Å²) in [5, 5.41) is 3.32. The molecule has 0 radical (unpaired) electrons. The number of para-hydroxylation sites is 1. The van der Waals surface area contributed by atoms with Crippen LogP contribution in [-0.4, -0.2) is 27.1 Å². The zero-order valence-corrected chi connectivity index (χ0v) is 14.4. The molecule has 0 aliphatic carbocycles. The number of rotatable bonds is 4. The first-order valence-electron chi connectivity index (χ1n) is 7.67. The summed E-state index contributed by atoms with van der Waals surface area (Å²) in [6.45, 7) is 6.02. The van der Waals surface area contributed by atoms with Crippen LogP contribution in [0.4, 0.5) is 5.69 Å². The van der Waals surface area contributed by atoms with Crippen molar-refractivity contribution in [3.05, 3.63) is 46.8 Å². The van der Waals surface area contributed by atoms with Crippen molar-refractivity contribution in [1.29, 1.82) is 0 Å². The van der Waals surface area contributed by atoms with Crippen LogP contribution in [0.25, 0.3) is 0 Å². The summed E-state index contributed by atoms with van der Waals surface area (Å²) in [4.78, 5) is 14.5. The zero-order valence-electron chi connectivity index (χ0n) is 13.5. The van der Waals surface area contributed by atoms with Gasteiger partial charge in [0.2, 0.25) is 5.91 Å². The molecule has 1 aromatic heterocycles. The van der Waals surface area contributed by atoms with E-state index in [1.165, 1.54) is 5.56 Å². The molecule has 0 bridgehead atoms. The Hall–Kier alpha value is -1.95. The number of anilines is 1. The van der Waals surface area contributed by atoms with Crippen LogP contribution in [0.3, 0.4) is 0 Å². The van der Waals surface area contributed by atoms with Crippen LogP contribution in [0.2, 0.25) is 0 Å². The van der Waals surface area contributed by atoms with E-state index in [1.807, 2.05) is 31.2 Å². The number of amides is 1. The summed E-state index contributed by atoms with van der Waals surface area (Å²) in [5.74, 6) is 0.880. The molecule has 1 aromatic carbocycles. The van der Waals surface area contributed by atoms with Gasteiger partial charge < -0.3 is 9.42 Å². The maximum atomic E-state index is 12.7. The van der Waals surface area contributed by atoms with Crippen LogP contribution < -0.4 is 4.90 Å². The first-order valence-corrected chi connectivity index (χ1v) is 9.05. The molecule has 0 N–H and O–H groups in total. The average Bonchev–Trinajstić information content (AvgIpc) is 3.11. The standard InChI is InChI=1S/C17H20N2O3S/c1-11-15(12(2)22-18-11)10-23(21)13(3)17(20)19-9-8-14-6-4-5-7-16(14)19/h4-7,13H,8-10H2,1-3H3/t13-,23-/m0/s1. The van der Waals surface area contributed by atoms with E-state index in [4.69, 9.17) is 4.52 Å². The van der Waals surface area contributed by atoms with Gasteiger partial charge in [-0.1, -0.05) is 23.4 Å². The summed E-state index contributed by atoms with van der Waals surface area (Å²) in [6, 6.07) is 7.89. The number of fused-ring (bicyclic) bond motifs is 1. The number of aromatic nitrogens is 1. The first-order chi connectivity index (χ1) is 11.0. The SMILES string of the molecule is Cc1noc(C)c1C[S@](=O)[C@@H](C)C(=O)N1CCc2ccccc21. The Balaban J connectivity index is 1.74. The number of hydrogen-bond donors (Lipinski definition) is 0. The van der Waals surface area contributed by atoms with Gasteiger partial charge in [0, 0.05) is 28.6 Å². The van der Waals surface area contributed by atoms with E-state index in [0.717, 1.165) is 23.4 Å². The van der Waals surface area contributed by atoms with Crippen LogP contribution in [-0.2, 0) is 27.8 Å². The van der Waals surface area contributed by atoms with Gasteiger partial charge in [0.1, 0.15) is 11.0 Å². The zero-order chi connectivity index (χ0) is 16.6. The van der Waals surface area contributed by atoms with Gasteiger partial charge in [-0.05, 0) is 38.8 Å². The van der Waals surface area contributed by atoms with Crippen molar-refractivity contribution in [2.45, 2.75) is 38.2 Å². The highest BCUT2D eigenvalue weighted by Gasteiger charge is 2.31. The normalized spacial score (nSPS) is 16.2. The van der Waals surface area contributed by atoms with Crippen LogP contribution >= 0.6 is 0 Å². The fourth-order valence-electron chi connectivity index (χ4n) is 2.87. The minimum atomic E-state index is -1.31. The molecule has 6 heteroatoms. The van der Waals surface area contributed by atoms with Crippen molar-refractivity contribution in [3.63, 3.8) is 0 Å². The Labute approximate surface area is 138 Å². The minimum Gasteiger partial charge on any atom is -0.361 e. The lowest BCUT2D eigenvalue weighted by Crippen LogP contribution is -2.39. The van der Waals surface area contributed by atoms with E-state index >= 15 is 0 Å². The van der Waals surface area contributed by atoms with Crippen LogP contribution in [0.5, 0.6) is 0 Å². The highest BCUT2D eigenvalue weighted by Crippen LogP contribution is 2.28. The van der Waals surface area contributed by atoms with Gasteiger partial charge in [0.25, 0.3) is 0 Å². The van der Waals surface area contributed by atoms with Crippen LogP contribution in [0, 0.1) is 13.8 Å². The van der Waals surface area contributed by atoms with Crippen molar-refractivity contribution in [3.8, 4) is 0 Å². The van der Waals surface area contributed by atoms with Crippen molar-refractivity contribution in [2.24, 2.45) is 0 Å². The average molecular weight is 332 g/mol. The molecule has 5 nitrogen and oxygen atoms in total. The molecule has 1 aliphatic heterocycles. The third-order valence-electron chi connectivity index (χ3n) is 4.36. The second-order valence-electron chi connectivity index (χ2n) is 5.84. The van der Waals surface area contributed by atoms with Gasteiger partial charge in [-0.2, -0.15) is 0 Å². The molecule has 1 amide bonds. The molecule has 23 heavy (non-hydrogen) atoms. The number of aryl methyl sites for hydroxylation is 2. The predicted octanol–water partition coefficient (Wildman–Crippen LogP) is 2.52. The molecule has 2 heterocycles. The number of nitrogens with zero attached hydrogens (tertiary/aromatic N) is 2. The second kappa shape index (κ2) is 6.28.